The lowest BCUT2D eigenvalue weighted by Gasteiger charge is -2.33. The van der Waals surface area contributed by atoms with Crippen LogP contribution in [0.4, 0.5) is 0 Å². The highest BCUT2D eigenvalue weighted by atomic mass is 16.6. The fraction of sp³-hybridized carbons (Fsp3) is 0.564. The van der Waals surface area contributed by atoms with Crippen LogP contribution in [-0.2, 0) is 36.7 Å². The molecule has 3 aliphatic rings. The van der Waals surface area contributed by atoms with Gasteiger partial charge in [-0.1, -0.05) is 39.8 Å². The number of carbonyl (C=O) groups excluding carboxylic acids is 5. The van der Waals surface area contributed by atoms with E-state index in [2.05, 4.69) is 5.32 Å². The van der Waals surface area contributed by atoms with Gasteiger partial charge in [0, 0.05) is 47.9 Å². The average molecular weight is 741 g/mol. The number of esters is 1. The number of rotatable bonds is 11. The number of amides is 1. The quantitative estimate of drug-likeness (QED) is 0.123. The Bertz CT molecular complexity index is 1710. The van der Waals surface area contributed by atoms with Crippen molar-refractivity contribution in [1.82, 2.24) is 5.32 Å². The van der Waals surface area contributed by atoms with Crippen molar-refractivity contribution in [3.05, 3.63) is 51.6 Å². The Balaban J connectivity index is 0.000000541. The van der Waals surface area contributed by atoms with Crippen LogP contribution >= 0.6 is 0 Å². The molecule has 0 radical (unpaired) electrons. The Kier molecular flexibility index (Phi) is 13.8. The Morgan fingerprint density at radius 2 is 1.64 bits per heavy atom. The van der Waals surface area contributed by atoms with Crippen LogP contribution in [0.1, 0.15) is 110 Å². The molecule has 0 spiro atoms. The number of hydrogen-bond acceptors (Lipinski definition) is 13. The molecule has 7 N–H and O–H groups in total. The number of nitrogens with two attached hydrogens (primary N) is 1. The van der Waals surface area contributed by atoms with Gasteiger partial charge in [-0.05, 0) is 50.5 Å². The molecule has 2 aromatic rings. The van der Waals surface area contributed by atoms with E-state index in [0.717, 1.165) is 0 Å². The number of nitrogens with one attached hydrogen (secondary N) is 1. The zero-order valence-corrected chi connectivity index (χ0v) is 31.1. The van der Waals surface area contributed by atoms with Crippen molar-refractivity contribution in [2.24, 2.45) is 23.5 Å². The first kappa shape index (κ1) is 41.4. The van der Waals surface area contributed by atoms with E-state index >= 15 is 0 Å². The Morgan fingerprint density at radius 3 is 2.26 bits per heavy atom. The third-order valence-electron chi connectivity index (χ3n) is 10.1. The summed E-state index contributed by atoms with van der Waals surface area (Å²) in [6.45, 7) is 8.89. The minimum atomic E-state index is -0.855. The number of fused-ring (bicyclic) bond motifs is 3. The highest BCUT2D eigenvalue weighted by Crippen LogP contribution is 2.47. The molecule has 290 valence electrons. The van der Waals surface area contributed by atoms with Gasteiger partial charge >= 0.3 is 5.97 Å². The predicted molar refractivity (Wildman–Crippen MR) is 192 cm³/mol. The number of methoxy groups -OCH3 is 1. The van der Waals surface area contributed by atoms with Gasteiger partial charge in [0.15, 0.2) is 12.1 Å². The molecule has 1 heterocycles. The summed E-state index contributed by atoms with van der Waals surface area (Å²) in [5.41, 5.74) is 6.06. The Hall–Kier alpha value is -4.37. The van der Waals surface area contributed by atoms with Crippen LogP contribution in [0, 0.1) is 17.8 Å². The molecule has 2 aromatic carbocycles. The number of Topliss-reactive ketones (excluding diaryl/α,β-unsaturated/α-hetero) is 1. The number of aliphatic hydroxyl groups is 2. The summed E-state index contributed by atoms with van der Waals surface area (Å²) in [7, 11) is 1.39. The van der Waals surface area contributed by atoms with Crippen molar-refractivity contribution in [2.45, 2.75) is 110 Å². The van der Waals surface area contributed by atoms with Crippen molar-refractivity contribution in [1.29, 1.82) is 0 Å². The smallest absolute Gasteiger partial charge is 0.328 e. The molecular formula is C39H52N2O12. The van der Waals surface area contributed by atoms with Crippen LogP contribution in [0.25, 0.3) is 0 Å². The maximum atomic E-state index is 13.4. The monoisotopic (exact) mass is 740 g/mol. The zero-order chi connectivity index (χ0) is 39.3. The molecule has 14 heteroatoms. The molecule has 14 nitrogen and oxygen atoms in total. The molecule has 0 saturated carbocycles. The molecule has 1 saturated heterocycles. The fourth-order valence-corrected chi connectivity index (χ4v) is 6.91. The minimum Gasteiger partial charge on any atom is -0.507 e. The number of phenolic OH excluding ortho intramolecular Hbond substituents is 2. The van der Waals surface area contributed by atoms with Crippen molar-refractivity contribution >= 4 is 29.2 Å². The molecule has 1 aliphatic heterocycles. The number of ether oxygens (including phenoxy) is 3. The standard InChI is InChI=1S/C33H39NO9.C6H13NO3/c1-16(2)22(35)11-12-24(36)34-28(17(3)4)33(41)43-14-13-18-9-10-19-21(15-18)31(39)26-27(29(19)37)32(40)25-20(30(26)38)7-6-8-23(25)42-5;1-3-6(9)4(7)2-5(8)10-3/h6-8,16-18,28,37,39H,9-15H2,1-5H3,(H,34,36);3-6,8-9H,2,7H2,1H3. The molecule has 0 bridgehead atoms. The SMILES string of the molecule is CC1OC(O)CC(N)C1O.COc1cccc2c1C(=O)c1c(O)c3c(c(O)c1C2=O)CC(CCOC(=O)C(NC(=O)CCC(=O)C(C)C)C(C)C)CC3. The lowest BCUT2D eigenvalue weighted by atomic mass is 9.75. The Labute approximate surface area is 309 Å². The first-order valence-corrected chi connectivity index (χ1v) is 18.1. The van der Waals surface area contributed by atoms with Crippen LogP contribution in [0.5, 0.6) is 17.2 Å². The molecule has 1 fully saturated rings. The molecule has 6 unspecified atom stereocenters. The van der Waals surface area contributed by atoms with Gasteiger partial charge in [-0.15, -0.1) is 0 Å². The largest absolute Gasteiger partial charge is 0.507 e. The number of phenols is 2. The summed E-state index contributed by atoms with van der Waals surface area (Å²) in [5.74, 6) is -2.93. The topological polar surface area (TPSA) is 232 Å². The maximum absolute atomic E-state index is 13.4. The second-order valence-electron chi connectivity index (χ2n) is 14.6. The third kappa shape index (κ3) is 9.23. The molecule has 53 heavy (non-hydrogen) atoms. The number of ketones is 3. The van der Waals surface area contributed by atoms with E-state index in [1.54, 1.807) is 46.8 Å². The molecule has 0 aromatic heterocycles. The summed E-state index contributed by atoms with van der Waals surface area (Å²) in [6, 6.07) is 3.43. The van der Waals surface area contributed by atoms with Crippen LogP contribution < -0.4 is 15.8 Å². The van der Waals surface area contributed by atoms with Gasteiger partial charge in [-0.25, -0.2) is 4.79 Å². The van der Waals surface area contributed by atoms with Crippen molar-refractivity contribution in [2.75, 3.05) is 13.7 Å². The molecular weight excluding hydrogens is 688 g/mol. The van der Waals surface area contributed by atoms with Crippen LogP contribution in [0.15, 0.2) is 18.2 Å². The van der Waals surface area contributed by atoms with E-state index in [1.807, 2.05) is 0 Å². The molecule has 1 amide bonds. The summed E-state index contributed by atoms with van der Waals surface area (Å²) < 4.78 is 15.7. The lowest BCUT2D eigenvalue weighted by molar-refractivity contribution is -0.198. The van der Waals surface area contributed by atoms with E-state index in [-0.39, 0.29) is 101 Å². The summed E-state index contributed by atoms with van der Waals surface area (Å²) in [6.07, 6.45) is 0.340. The van der Waals surface area contributed by atoms with Gasteiger partial charge in [-0.3, -0.25) is 19.2 Å². The average Bonchev–Trinajstić information content (AvgIpc) is 3.11. The first-order chi connectivity index (χ1) is 25.0. The number of benzene rings is 2. The van der Waals surface area contributed by atoms with Crippen LogP contribution in [-0.4, -0.2) is 94.0 Å². The van der Waals surface area contributed by atoms with Crippen molar-refractivity contribution in [3.63, 3.8) is 0 Å². The zero-order valence-electron chi connectivity index (χ0n) is 31.1. The highest BCUT2D eigenvalue weighted by molar-refractivity contribution is 6.31. The summed E-state index contributed by atoms with van der Waals surface area (Å²) in [4.78, 5) is 63.9. The number of aliphatic hydroxyl groups excluding tert-OH is 2. The van der Waals surface area contributed by atoms with Gasteiger partial charge in [-0.2, -0.15) is 0 Å². The normalized spacial score (nSPS) is 22.5. The van der Waals surface area contributed by atoms with E-state index in [4.69, 9.17) is 25.1 Å². The predicted octanol–water partition coefficient (Wildman–Crippen LogP) is 2.87. The number of hydrogen-bond donors (Lipinski definition) is 6. The fourth-order valence-electron chi connectivity index (χ4n) is 6.91. The van der Waals surface area contributed by atoms with Gasteiger partial charge in [0.25, 0.3) is 0 Å². The molecule has 5 rings (SSSR count). The lowest BCUT2D eigenvalue weighted by Crippen LogP contribution is -2.51. The van der Waals surface area contributed by atoms with Gasteiger partial charge in [0.1, 0.15) is 29.1 Å². The van der Waals surface area contributed by atoms with E-state index < -0.39 is 36.0 Å². The van der Waals surface area contributed by atoms with Gasteiger partial charge < -0.3 is 45.7 Å². The summed E-state index contributed by atoms with van der Waals surface area (Å²) in [5, 5.41) is 43.2. The number of aromatic hydroxyl groups is 2. The third-order valence-corrected chi connectivity index (χ3v) is 10.1. The first-order valence-electron chi connectivity index (χ1n) is 18.1. The van der Waals surface area contributed by atoms with E-state index in [0.29, 0.717) is 43.2 Å². The molecule has 2 aliphatic carbocycles. The van der Waals surface area contributed by atoms with Crippen LogP contribution in [0.3, 0.4) is 0 Å². The van der Waals surface area contributed by atoms with Gasteiger partial charge in [0.2, 0.25) is 11.7 Å². The van der Waals surface area contributed by atoms with E-state index in [9.17, 15) is 39.3 Å². The van der Waals surface area contributed by atoms with E-state index in [1.165, 1.54) is 13.2 Å². The second-order valence-corrected chi connectivity index (χ2v) is 14.6. The minimum absolute atomic E-state index is 0.00225. The maximum Gasteiger partial charge on any atom is 0.328 e. The van der Waals surface area contributed by atoms with Crippen LogP contribution in [0.2, 0.25) is 0 Å². The van der Waals surface area contributed by atoms with Crippen molar-refractivity contribution in [3.8, 4) is 17.2 Å². The number of carbonyl (C=O) groups is 5. The van der Waals surface area contributed by atoms with Gasteiger partial charge in [0.05, 0.1) is 42.6 Å². The molecule has 6 atom stereocenters. The van der Waals surface area contributed by atoms with Crippen molar-refractivity contribution < 1.29 is 58.6 Å². The highest BCUT2D eigenvalue weighted by Gasteiger charge is 2.40. The summed E-state index contributed by atoms with van der Waals surface area (Å²) >= 11 is 0. The Morgan fingerprint density at radius 1 is 0.981 bits per heavy atom. The second kappa shape index (κ2) is 17.6.